The molecule has 1 atom stereocenters. The number of aromatic nitrogens is 2. The fourth-order valence-electron chi connectivity index (χ4n) is 3.83. The molecule has 32 heavy (non-hydrogen) atoms. The van der Waals surface area contributed by atoms with Gasteiger partial charge in [-0.1, -0.05) is 29.8 Å². The number of hydrogen-bond donors (Lipinski definition) is 0. The van der Waals surface area contributed by atoms with Crippen LogP contribution in [0, 0.1) is 18.3 Å². The van der Waals surface area contributed by atoms with Crippen molar-refractivity contribution in [2.75, 3.05) is 6.61 Å². The standard InChI is InChI=1S/C25H25BrClN3O2/c1-5-32-24(31)22-23(30(15(2)3)25(26)29-22)21(18-9-7-17(14-28)8-10-18)13-19-12-20(27)11-6-16(19)4/h6-12,15,21H,5,13H2,1-4H3. The number of imidazole rings is 1. The molecule has 1 heterocycles. The second-order valence-corrected chi connectivity index (χ2v) is 9.01. The molecule has 7 heteroatoms. The Balaban J connectivity index is 2.26. The lowest BCUT2D eigenvalue weighted by molar-refractivity contribution is 0.0518. The highest BCUT2D eigenvalue weighted by atomic mass is 79.9. The van der Waals surface area contributed by atoms with Gasteiger partial charge in [-0.15, -0.1) is 0 Å². The number of carbonyl (C=O) groups is 1. The van der Waals surface area contributed by atoms with Crippen LogP contribution >= 0.6 is 27.5 Å². The molecule has 0 N–H and O–H groups in total. The molecule has 5 nitrogen and oxygen atoms in total. The fraction of sp³-hybridized carbons (Fsp3) is 0.320. The summed E-state index contributed by atoms with van der Waals surface area (Å²) in [4.78, 5) is 17.4. The Hall–Kier alpha value is -2.62. The molecule has 0 spiro atoms. The van der Waals surface area contributed by atoms with Crippen molar-refractivity contribution in [3.8, 4) is 6.07 Å². The van der Waals surface area contributed by atoms with E-state index in [9.17, 15) is 10.1 Å². The zero-order chi connectivity index (χ0) is 23.4. The average molecular weight is 515 g/mol. The van der Waals surface area contributed by atoms with Gasteiger partial charge in [-0.25, -0.2) is 9.78 Å². The lowest BCUT2D eigenvalue weighted by atomic mass is 9.86. The van der Waals surface area contributed by atoms with E-state index >= 15 is 0 Å². The molecule has 0 radical (unpaired) electrons. The molecular formula is C25H25BrClN3O2. The normalized spacial score (nSPS) is 11.9. The SMILES string of the molecule is CCOC(=O)c1nc(Br)n(C(C)C)c1C(Cc1cc(Cl)ccc1C)c1ccc(C#N)cc1. The van der Waals surface area contributed by atoms with E-state index in [1.807, 2.05) is 55.7 Å². The number of aryl methyl sites for hydroxylation is 1. The van der Waals surface area contributed by atoms with Gasteiger partial charge in [0.2, 0.25) is 0 Å². The maximum absolute atomic E-state index is 12.9. The minimum atomic E-state index is -0.455. The highest BCUT2D eigenvalue weighted by molar-refractivity contribution is 9.10. The van der Waals surface area contributed by atoms with Gasteiger partial charge in [0.05, 0.1) is 23.9 Å². The Kier molecular flexibility index (Phi) is 7.76. The molecule has 0 aliphatic rings. The summed E-state index contributed by atoms with van der Waals surface area (Å²) in [5.41, 5.74) is 4.81. The van der Waals surface area contributed by atoms with Crippen LogP contribution in [-0.2, 0) is 11.2 Å². The van der Waals surface area contributed by atoms with Crippen molar-refractivity contribution < 1.29 is 9.53 Å². The van der Waals surface area contributed by atoms with Crippen LogP contribution in [0.4, 0.5) is 0 Å². The van der Waals surface area contributed by atoms with Crippen LogP contribution in [-0.4, -0.2) is 22.1 Å². The minimum absolute atomic E-state index is 0.0522. The van der Waals surface area contributed by atoms with Crippen LogP contribution < -0.4 is 0 Å². The molecule has 0 aliphatic carbocycles. The summed E-state index contributed by atoms with van der Waals surface area (Å²) in [6.07, 6.45) is 0.607. The van der Waals surface area contributed by atoms with Crippen molar-refractivity contribution in [2.45, 2.75) is 46.1 Å². The van der Waals surface area contributed by atoms with E-state index < -0.39 is 5.97 Å². The number of rotatable bonds is 7. The number of ether oxygens (including phenoxy) is 1. The largest absolute Gasteiger partial charge is 0.461 e. The number of nitrogens with zero attached hydrogens (tertiary/aromatic N) is 3. The summed E-state index contributed by atoms with van der Waals surface area (Å²) >= 11 is 9.85. The molecule has 2 aromatic carbocycles. The molecule has 0 amide bonds. The first-order valence-corrected chi connectivity index (χ1v) is 11.6. The van der Waals surface area contributed by atoms with Crippen LogP contribution in [0.5, 0.6) is 0 Å². The maximum atomic E-state index is 12.9. The number of nitriles is 1. The van der Waals surface area contributed by atoms with Gasteiger partial charge in [-0.05, 0) is 91.0 Å². The molecular weight excluding hydrogens is 490 g/mol. The second kappa shape index (κ2) is 10.3. The Labute approximate surface area is 202 Å². The molecule has 1 unspecified atom stereocenters. The van der Waals surface area contributed by atoms with Crippen molar-refractivity contribution >= 4 is 33.5 Å². The predicted octanol–water partition coefficient (Wildman–Crippen LogP) is 6.61. The van der Waals surface area contributed by atoms with Crippen LogP contribution in [0.2, 0.25) is 5.02 Å². The second-order valence-electron chi connectivity index (χ2n) is 7.86. The predicted molar refractivity (Wildman–Crippen MR) is 129 cm³/mol. The van der Waals surface area contributed by atoms with E-state index in [4.69, 9.17) is 16.3 Å². The van der Waals surface area contributed by atoms with Crippen molar-refractivity contribution in [1.29, 1.82) is 5.26 Å². The van der Waals surface area contributed by atoms with E-state index in [1.165, 1.54) is 0 Å². The van der Waals surface area contributed by atoms with Crippen LogP contribution in [0.15, 0.2) is 47.2 Å². The third-order valence-electron chi connectivity index (χ3n) is 5.40. The minimum Gasteiger partial charge on any atom is -0.461 e. The highest BCUT2D eigenvalue weighted by Crippen LogP contribution is 2.36. The summed E-state index contributed by atoms with van der Waals surface area (Å²) in [6.45, 7) is 8.18. The number of benzene rings is 2. The summed E-state index contributed by atoms with van der Waals surface area (Å²) in [6, 6.07) is 15.5. The van der Waals surface area contributed by atoms with Gasteiger partial charge < -0.3 is 9.30 Å². The van der Waals surface area contributed by atoms with Crippen molar-refractivity contribution in [3.05, 3.63) is 85.9 Å². The monoisotopic (exact) mass is 513 g/mol. The number of carbonyl (C=O) groups excluding carboxylic acids is 1. The number of halogens is 2. The lowest BCUT2D eigenvalue weighted by Gasteiger charge is -2.24. The zero-order valence-electron chi connectivity index (χ0n) is 18.5. The van der Waals surface area contributed by atoms with Crippen molar-refractivity contribution in [3.63, 3.8) is 0 Å². The molecule has 0 saturated heterocycles. The third-order valence-corrected chi connectivity index (χ3v) is 6.19. The van der Waals surface area contributed by atoms with E-state index in [1.54, 1.807) is 19.1 Å². The first kappa shape index (κ1) is 24.0. The van der Waals surface area contributed by atoms with Gasteiger partial charge in [0, 0.05) is 17.0 Å². The molecule has 166 valence electrons. The van der Waals surface area contributed by atoms with Crippen molar-refractivity contribution in [2.24, 2.45) is 0 Å². The highest BCUT2D eigenvalue weighted by Gasteiger charge is 2.31. The van der Waals surface area contributed by atoms with Gasteiger partial charge in [-0.2, -0.15) is 5.26 Å². The van der Waals surface area contributed by atoms with Crippen LogP contribution in [0.1, 0.15) is 71.2 Å². The van der Waals surface area contributed by atoms with Crippen LogP contribution in [0.25, 0.3) is 0 Å². The molecule has 1 aromatic heterocycles. The lowest BCUT2D eigenvalue weighted by Crippen LogP contribution is -2.18. The molecule has 0 fully saturated rings. The van der Waals surface area contributed by atoms with Crippen LogP contribution in [0.3, 0.4) is 0 Å². The zero-order valence-corrected chi connectivity index (χ0v) is 20.9. The number of esters is 1. The molecule has 3 aromatic rings. The Morgan fingerprint density at radius 2 is 1.94 bits per heavy atom. The van der Waals surface area contributed by atoms with Crippen molar-refractivity contribution in [1.82, 2.24) is 9.55 Å². The van der Waals surface area contributed by atoms with E-state index in [0.717, 1.165) is 22.4 Å². The topological polar surface area (TPSA) is 67.9 Å². The fourth-order valence-corrected chi connectivity index (χ4v) is 4.81. The number of hydrogen-bond acceptors (Lipinski definition) is 4. The molecule has 3 rings (SSSR count). The quantitative estimate of drug-likeness (QED) is 0.333. The smallest absolute Gasteiger partial charge is 0.358 e. The summed E-state index contributed by atoms with van der Waals surface area (Å²) < 4.78 is 7.93. The summed E-state index contributed by atoms with van der Waals surface area (Å²) in [7, 11) is 0. The molecule has 0 aliphatic heterocycles. The van der Waals surface area contributed by atoms with Gasteiger partial charge >= 0.3 is 5.97 Å². The van der Waals surface area contributed by atoms with Gasteiger partial charge in [0.15, 0.2) is 10.4 Å². The average Bonchev–Trinajstić information content (AvgIpc) is 3.11. The Morgan fingerprint density at radius 3 is 2.53 bits per heavy atom. The maximum Gasteiger partial charge on any atom is 0.358 e. The summed E-state index contributed by atoms with van der Waals surface area (Å²) in [5, 5.41) is 9.90. The first-order valence-electron chi connectivity index (χ1n) is 10.5. The summed E-state index contributed by atoms with van der Waals surface area (Å²) in [5.74, 6) is -0.662. The Bertz CT molecular complexity index is 1160. The third kappa shape index (κ3) is 5.06. The Morgan fingerprint density at radius 1 is 1.25 bits per heavy atom. The van der Waals surface area contributed by atoms with E-state index in [-0.39, 0.29) is 18.6 Å². The van der Waals surface area contributed by atoms with Gasteiger partial charge in [0.1, 0.15) is 0 Å². The van der Waals surface area contributed by atoms with E-state index in [0.29, 0.717) is 27.4 Å². The molecule has 0 bridgehead atoms. The first-order chi connectivity index (χ1) is 15.3. The van der Waals surface area contributed by atoms with E-state index in [2.05, 4.69) is 27.0 Å². The molecule has 0 saturated carbocycles. The van der Waals surface area contributed by atoms with Gasteiger partial charge in [0.25, 0.3) is 0 Å². The van der Waals surface area contributed by atoms with Gasteiger partial charge in [-0.3, -0.25) is 0 Å².